The lowest BCUT2D eigenvalue weighted by Crippen LogP contribution is -2.38. The largest absolute Gasteiger partial charge is 0.286 e. The number of aryl methyl sites for hydroxylation is 1. The minimum absolute atomic E-state index is 0.224. The summed E-state index contributed by atoms with van der Waals surface area (Å²) < 4.78 is 29.2. The van der Waals surface area contributed by atoms with Gasteiger partial charge in [0.15, 0.2) is 5.65 Å². The summed E-state index contributed by atoms with van der Waals surface area (Å²) in [5, 5.41) is 8.52. The molecular weight excluding hydrogens is 336 g/mol. The van der Waals surface area contributed by atoms with E-state index in [-0.39, 0.29) is 5.92 Å². The van der Waals surface area contributed by atoms with Crippen molar-refractivity contribution >= 4 is 15.7 Å². The minimum Gasteiger partial charge on any atom is -0.286 e. The Bertz CT molecular complexity index is 987. The molecule has 0 aliphatic carbocycles. The summed E-state index contributed by atoms with van der Waals surface area (Å²) in [6.07, 6.45) is 3.46. The third-order valence-corrected chi connectivity index (χ3v) is 6.73. The van der Waals surface area contributed by atoms with Crippen molar-refractivity contribution in [3.05, 3.63) is 60.0 Å². The van der Waals surface area contributed by atoms with Crippen LogP contribution >= 0.6 is 0 Å². The Labute approximate surface area is 147 Å². The maximum Gasteiger partial charge on any atom is 0.243 e. The van der Waals surface area contributed by atoms with E-state index in [1.807, 2.05) is 47.9 Å². The Morgan fingerprint density at radius 1 is 1.00 bits per heavy atom. The first-order valence-electron chi connectivity index (χ1n) is 8.42. The van der Waals surface area contributed by atoms with Crippen LogP contribution in [-0.2, 0) is 10.0 Å². The van der Waals surface area contributed by atoms with Crippen LogP contribution in [0.5, 0.6) is 0 Å². The first-order chi connectivity index (χ1) is 12.1. The van der Waals surface area contributed by atoms with Crippen molar-refractivity contribution in [3.63, 3.8) is 0 Å². The lowest BCUT2D eigenvalue weighted by molar-refractivity contribution is 0.312. The first-order valence-corrected chi connectivity index (χ1v) is 9.86. The molecule has 6 nitrogen and oxygen atoms in total. The Hall–Kier alpha value is -2.25. The molecule has 1 aromatic carbocycles. The summed E-state index contributed by atoms with van der Waals surface area (Å²) in [6, 6.07) is 12.9. The number of hydrogen-bond donors (Lipinski definition) is 0. The zero-order valence-electron chi connectivity index (χ0n) is 14.0. The summed E-state index contributed by atoms with van der Waals surface area (Å²) >= 11 is 0. The van der Waals surface area contributed by atoms with Gasteiger partial charge in [-0.3, -0.25) is 4.40 Å². The van der Waals surface area contributed by atoms with Gasteiger partial charge in [0, 0.05) is 25.2 Å². The number of sulfonamides is 1. The zero-order chi connectivity index (χ0) is 17.4. The van der Waals surface area contributed by atoms with E-state index in [1.165, 1.54) is 0 Å². The third kappa shape index (κ3) is 2.94. The van der Waals surface area contributed by atoms with Crippen molar-refractivity contribution < 1.29 is 8.42 Å². The van der Waals surface area contributed by atoms with E-state index in [0.29, 0.717) is 18.0 Å². The number of fused-ring (bicyclic) bond motifs is 1. The molecule has 0 radical (unpaired) electrons. The van der Waals surface area contributed by atoms with Gasteiger partial charge in [-0.1, -0.05) is 23.8 Å². The van der Waals surface area contributed by atoms with Crippen LogP contribution in [0, 0.1) is 6.92 Å². The molecule has 3 aromatic rings. The predicted molar refractivity (Wildman–Crippen MR) is 94.9 cm³/mol. The molecule has 0 unspecified atom stereocenters. The van der Waals surface area contributed by atoms with Gasteiger partial charge < -0.3 is 0 Å². The molecule has 7 heteroatoms. The summed E-state index contributed by atoms with van der Waals surface area (Å²) in [5.41, 5.74) is 1.88. The standard InChI is InChI=1S/C18H20N4O2S/c1-14-5-7-16(8-6-14)25(23,24)21-12-9-15(10-13-21)18-20-19-17-4-2-3-11-22(17)18/h2-8,11,15H,9-10,12-13H2,1H3. The molecule has 130 valence electrons. The smallest absolute Gasteiger partial charge is 0.243 e. The maximum absolute atomic E-state index is 12.8. The van der Waals surface area contributed by atoms with Crippen molar-refractivity contribution in [2.75, 3.05) is 13.1 Å². The van der Waals surface area contributed by atoms with Crippen LogP contribution < -0.4 is 0 Å². The quantitative estimate of drug-likeness (QED) is 0.723. The van der Waals surface area contributed by atoms with Gasteiger partial charge in [0.2, 0.25) is 10.0 Å². The Morgan fingerprint density at radius 2 is 1.72 bits per heavy atom. The highest BCUT2D eigenvalue weighted by Gasteiger charge is 2.31. The van der Waals surface area contributed by atoms with Gasteiger partial charge in [-0.25, -0.2) is 8.42 Å². The number of hydrogen-bond acceptors (Lipinski definition) is 4. The van der Waals surface area contributed by atoms with Crippen LogP contribution in [0.3, 0.4) is 0 Å². The first kappa shape index (κ1) is 16.2. The molecule has 0 atom stereocenters. The number of aromatic nitrogens is 3. The van der Waals surface area contributed by atoms with Crippen molar-refractivity contribution in [2.45, 2.75) is 30.6 Å². The molecule has 0 spiro atoms. The van der Waals surface area contributed by atoms with Crippen molar-refractivity contribution in [3.8, 4) is 0 Å². The molecular formula is C18H20N4O2S. The highest BCUT2D eigenvalue weighted by Crippen LogP contribution is 2.30. The van der Waals surface area contributed by atoms with Crippen LogP contribution in [0.15, 0.2) is 53.6 Å². The molecule has 0 N–H and O–H groups in total. The second-order valence-corrected chi connectivity index (χ2v) is 8.42. The Morgan fingerprint density at radius 3 is 2.44 bits per heavy atom. The van der Waals surface area contributed by atoms with Gasteiger partial charge in [0.1, 0.15) is 5.82 Å². The molecule has 1 aliphatic rings. The van der Waals surface area contributed by atoms with Crippen molar-refractivity contribution in [2.24, 2.45) is 0 Å². The topological polar surface area (TPSA) is 67.6 Å². The lowest BCUT2D eigenvalue weighted by Gasteiger charge is -2.30. The monoisotopic (exact) mass is 356 g/mol. The molecule has 0 bridgehead atoms. The van der Waals surface area contributed by atoms with E-state index in [0.717, 1.165) is 29.9 Å². The van der Waals surface area contributed by atoms with Gasteiger partial charge in [-0.15, -0.1) is 10.2 Å². The highest BCUT2D eigenvalue weighted by molar-refractivity contribution is 7.89. The highest BCUT2D eigenvalue weighted by atomic mass is 32.2. The average molecular weight is 356 g/mol. The van der Waals surface area contributed by atoms with Gasteiger partial charge in [-0.2, -0.15) is 4.31 Å². The van der Waals surface area contributed by atoms with E-state index in [4.69, 9.17) is 0 Å². The van der Waals surface area contributed by atoms with Crippen LogP contribution in [0.2, 0.25) is 0 Å². The fourth-order valence-corrected chi connectivity index (χ4v) is 4.82. The number of rotatable bonds is 3. The molecule has 1 saturated heterocycles. The summed E-state index contributed by atoms with van der Waals surface area (Å²) in [5.74, 6) is 1.14. The molecule has 0 amide bonds. The fraction of sp³-hybridized carbons (Fsp3) is 0.333. The molecule has 2 aromatic heterocycles. The van der Waals surface area contributed by atoms with Crippen molar-refractivity contribution in [1.82, 2.24) is 18.9 Å². The maximum atomic E-state index is 12.8. The van der Waals surface area contributed by atoms with Crippen LogP contribution in [0.25, 0.3) is 5.65 Å². The SMILES string of the molecule is Cc1ccc(S(=O)(=O)N2CCC(c3nnc4ccccn34)CC2)cc1. The Balaban J connectivity index is 1.52. The minimum atomic E-state index is -3.42. The van der Waals surface area contributed by atoms with Gasteiger partial charge in [0.25, 0.3) is 0 Å². The van der Waals surface area contributed by atoms with Crippen molar-refractivity contribution in [1.29, 1.82) is 0 Å². The zero-order valence-corrected chi connectivity index (χ0v) is 14.9. The van der Waals surface area contributed by atoms with Crippen LogP contribution in [-0.4, -0.2) is 40.4 Å². The Kier molecular flexibility index (Phi) is 4.05. The number of benzene rings is 1. The number of nitrogens with zero attached hydrogens (tertiary/aromatic N) is 4. The summed E-state index contributed by atoms with van der Waals surface area (Å²) in [6.45, 7) is 2.95. The molecule has 1 aliphatic heterocycles. The summed E-state index contributed by atoms with van der Waals surface area (Å²) in [4.78, 5) is 0.365. The molecule has 3 heterocycles. The van der Waals surface area contributed by atoms with E-state index in [9.17, 15) is 8.42 Å². The van der Waals surface area contributed by atoms with E-state index in [1.54, 1.807) is 16.4 Å². The lowest BCUT2D eigenvalue weighted by atomic mass is 9.97. The second-order valence-electron chi connectivity index (χ2n) is 6.48. The second kappa shape index (κ2) is 6.24. The molecule has 1 fully saturated rings. The van der Waals surface area contributed by atoms with Crippen LogP contribution in [0.4, 0.5) is 0 Å². The van der Waals surface area contributed by atoms with Gasteiger partial charge >= 0.3 is 0 Å². The third-order valence-electron chi connectivity index (χ3n) is 4.82. The molecule has 25 heavy (non-hydrogen) atoms. The van der Waals surface area contributed by atoms with Gasteiger partial charge in [0.05, 0.1) is 4.90 Å². The predicted octanol–water partition coefficient (Wildman–Crippen LogP) is 2.61. The fourth-order valence-electron chi connectivity index (χ4n) is 3.35. The normalized spacial score (nSPS) is 17.2. The number of piperidine rings is 1. The number of pyridine rings is 1. The van der Waals surface area contributed by atoms with Crippen LogP contribution in [0.1, 0.15) is 30.1 Å². The van der Waals surface area contributed by atoms with Gasteiger partial charge in [-0.05, 0) is 44.0 Å². The van der Waals surface area contributed by atoms with E-state index < -0.39 is 10.0 Å². The molecule has 0 saturated carbocycles. The average Bonchev–Trinajstić information content (AvgIpc) is 3.06. The molecule has 4 rings (SSSR count). The van der Waals surface area contributed by atoms with E-state index >= 15 is 0 Å². The van der Waals surface area contributed by atoms with E-state index in [2.05, 4.69) is 10.2 Å². The summed E-state index contributed by atoms with van der Waals surface area (Å²) in [7, 11) is -3.42.